The zero-order chi connectivity index (χ0) is 16.4. The molecule has 1 unspecified atom stereocenters. The van der Waals surface area contributed by atoms with Gasteiger partial charge in [0.15, 0.2) is 0 Å². The largest absolute Gasteiger partial charge is 0.334 e. The Hall–Kier alpha value is -0.690. The number of thioether (sulfide) groups is 1. The van der Waals surface area contributed by atoms with E-state index >= 15 is 0 Å². The second-order valence-electron chi connectivity index (χ2n) is 6.41. The number of hydrogen-bond acceptors (Lipinski definition) is 5. The highest BCUT2D eigenvalue weighted by Gasteiger charge is 2.40. The summed E-state index contributed by atoms with van der Waals surface area (Å²) in [6, 6.07) is 8.87. The molecular formula is C17H25N3OS2. The van der Waals surface area contributed by atoms with Gasteiger partial charge in [-0.2, -0.15) is 11.8 Å². The Bertz CT molecular complexity index is 569. The van der Waals surface area contributed by atoms with Gasteiger partial charge in [0.25, 0.3) is 0 Å². The van der Waals surface area contributed by atoms with Crippen molar-refractivity contribution in [3.8, 4) is 0 Å². The van der Waals surface area contributed by atoms with Gasteiger partial charge in [-0.25, -0.2) is 4.31 Å². The van der Waals surface area contributed by atoms with Gasteiger partial charge in [0.1, 0.15) is 6.04 Å². The van der Waals surface area contributed by atoms with Crippen LogP contribution >= 0.6 is 23.7 Å². The minimum absolute atomic E-state index is 0.000573. The van der Waals surface area contributed by atoms with E-state index in [1.54, 1.807) is 23.7 Å². The van der Waals surface area contributed by atoms with Gasteiger partial charge in [-0.15, -0.1) is 0 Å². The molecular weight excluding hydrogens is 326 g/mol. The quantitative estimate of drug-likeness (QED) is 0.822. The van der Waals surface area contributed by atoms with Gasteiger partial charge in [-0.3, -0.25) is 4.79 Å². The Morgan fingerprint density at radius 3 is 2.83 bits per heavy atom. The first kappa shape index (κ1) is 17.1. The van der Waals surface area contributed by atoms with E-state index in [-0.39, 0.29) is 24.0 Å². The van der Waals surface area contributed by atoms with Crippen LogP contribution in [0.1, 0.15) is 18.1 Å². The van der Waals surface area contributed by atoms with Gasteiger partial charge in [0.2, 0.25) is 5.91 Å². The van der Waals surface area contributed by atoms with Crippen LogP contribution in [0.15, 0.2) is 24.3 Å². The molecule has 0 spiro atoms. The lowest BCUT2D eigenvalue weighted by Crippen LogP contribution is -2.58. The second-order valence-corrected chi connectivity index (χ2v) is 8.39. The average molecular weight is 352 g/mol. The van der Waals surface area contributed by atoms with Crippen LogP contribution in [-0.4, -0.2) is 57.5 Å². The van der Waals surface area contributed by atoms with E-state index in [1.807, 2.05) is 0 Å². The first-order valence-corrected chi connectivity index (χ1v) is 10.4. The van der Waals surface area contributed by atoms with Gasteiger partial charge in [-0.1, -0.05) is 36.2 Å². The maximum Gasteiger partial charge on any atom is 0.242 e. The van der Waals surface area contributed by atoms with Gasteiger partial charge < -0.3 is 10.6 Å². The molecule has 126 valence electrons. The zero-order valence-electron chi connectivity index (χ0n) is 13.8. The highest BCUT2D eigenvalue weighted by Crippen LogP contribution is 2.32. The highest BCUT2D eigenvalue weighted by atomic mass is 32.2. The molecule has 0 aliphatic carbocycles. The Balaban J connectivity index is 1.64. The van der Waals surface area contributed by atoms with Crippen molar-refractivity contribution in [2.45, 2.75) is 38.0 Å². The summed E-state index contributed by atoms with van der Waals surface area (Å²) in [6.45, 7) is 3.69. The smallest absolute Gasteiger partial charge is 0.242 e. The molecule has 1 aromatic carbocycles. The average Bonchev–Trinajstić information content (AvgIpc) is 2.51. The van der Waals surface area contributed by atoms with E-state index in [9.17, 15) is 4.79 Å². The van der Waals surface area contributed by atoms with Gasteiger partial charge in [0.05, 0.1) is 0 Å². The van der Waals surface area contributed by atoms with Crippen LogP contribution in [-0.2, 0) is 17.8 Å². The Morgan fingerprint density at radius 1 is 1.43 bits per heavy atom. The minimum atomic E-state index is 0.000573. The van der Waals surface area contributed by atoms with Crippen molar-refractivity contribution in [1.29, 1.82) is 0 Å². The third-order valence-electron chi connectivity index (χ3n) is 4.62. The first-order valence-electron chi connectivity index (χ1n) is 8.11. The van der Waals surface area contributed by atoms with Crippen molar-refractivity contribution in [1.82, 2.24) is 9.21 Å². The van der Waals surface area contributed by atoms with Crippen LogP contribution < -0.4 is 5.73 Å². The molecule has 0 saturated carbocycles. The molecule has 2 N–H and O–H groups in total. The summed E-state index contributed by atoms with van der Waals surface area (Å²) in [5, 5.41) is 0. The normalized spacial score (nSPS) is 25.6. The van der Waals surface area contributed by atoms with Gasteiger partial charge >= 0.3 is 0 Å². The summed E-state index contributed by atoms with van der Waals surface area (Å²) in [7, 11) is 0. The van der Waals surface area contributed by atoms with E-state index in [0.717, 1.165) is 31.0 Å². The van der Waals surface area contributed by atoms with Crippen LogP contribution in [0.2, 0.25) is 0 Å². The molecule has 3 rings (SSSR count). The fourth-order valence-electron chi connectivity index (χ4n) is 3.29. The summed E-state index contributed by atoms with van der Waals surface area (Å²) in [6.07, 6.45) is 3.02. The molecule has 0 bridgehead atoms. The predicted molar refractivity (Wildman–Crippen MR) is 99.5 cm³/mol. The van der Waals surface area contributed by atoms with Gasteiger partial charge in [0, 0.05) is 36.7 Å². The van der Waals surface area contributed by atoms with Crippen molar-refractivity contribution in [2.24, 2.45) is 5.73 Å². The van der Waals surface area contributed by atoms with Crippen LogP contribution in [0, 0.1) is 0 Å². The lowest BCUT2D eigenvalue weighted by Gasteiger charge is -2.44. The van der Waals surface area contributed by atoms with Gasteiger partial charge in [-0.05, 0) is 30.7 Å². The molecule has 1 fully saturated rings. The van der Waals surface area contributed by atoms with Crippen LogP contribution in [0.25, 0.3) is 0 Å². The van der Waals surface area contributed by atoms with E-state index in [4.69, 9.17) is 5.73 Å². The number of rotatable bonds is 5. The number of fused-ring (bicyclic) bond motifs is 1. The molecule has 4 nitrogen and oxygen atoms in total. The maximum atomic E-state index is 13.0. The molecule has 2 aliphatic heterocycles. The number of amides is 1. The van der Waals surface area contributed by atoms with Crippen molar-refractivity contribution in [3.63, 3.8) is 0 Å². The van der Waals surface area contributed by atoms with Crippen molar-refractivity contribution in [2.75, 3.05) is 24.3 Å². The Morgan fingerprint density at radius 2 is 2.17 bits per heavy atom. The molecule has 0 radical (unpaired) electrons. The zero-order valence-corrected chi connectivity index (χ0v) is 15.4. The van der Waals surface area contributed by atoms with E-state index in [2.05, 4.69) is 46.7 Å². The fourth-order valence-corrected chi connectivity index (χ4v) is 4.86. The summed E-state index contributed by atoms with van der Waals surface area (Å²) >= 11 is 3.50. The minimum Gasteiger partial charge on any atom is -0.334 e. The second kappa shape index (κ2) is 7.47. The standard InChI is InChI=1S/C17H25N3OS2/c1-12-7-13-5-3-4-6-14(13)8-19(12)17(21)16-11-23-20(16)9-15(18)10-22-2/h3-6,12,15-16H,7-11,18H2,1-2H3/t12?,15-,16+/m1/s1. The molecule has 23 heavy (non-hydrogen) atoms. The molecule has 6 heteroatoms. The number of benzene rings is 1. The molecule has 2 aliphatic rings. The Kier molecular flexibility index (Phi) is 5.57. The van der Waals surface area contributed by atoms with Crippen molar-refractivity contribution in [3.05, 3.63) is 35.4 Å². The number of carbonyl (C=O) groups is 1. The lowest BCUT2D eigenvalue weighted by molar-refractivity contribution is -0.138. The molecule has 1 amide bonds. The SMILES string of the molecule is CSC[C@H](N)CN1SC[C@H]1C(=O)N1Cc2ccccc2CC1C. The van der Waals surface area contributed by atoms with Crippen LogP contribution in [0.4, 0.5) is 0 Å². The monoisotopic (exact) mass is 351 g/mol. The third kappa shape index (κ3) is 3.71. The van der Waals surface area contributed by atoms with E-state index in [0.29, 0.717) is 0 Å². The van der Waals surface area contributed by atoms with Crippen molar-refractivity contribution >= 4 is 29.6 Å². The Labute approximate surface area is 147 Å². The molecule has 1 aromatic rings. The van der Waals surface area contributed by atoms with Crippen molar-refractivity contribution < 1.29 is 4.79 Å². The summed E-state index contributed by atoms with van der Waals surface area (Å²) in [4.78, 5) is 15.0. The molecule has 3 atom stereocenters. The van der Waals surface area contributed by atoms with E-state index in [1.165, 1.54) is 11.1 Å². The number of nitrogens with zero attached hydrogens (tertiary/aromatic N) is 2. The third-order valence-corrected chi connectivity index (χ3v) is 6.58. The highest BCUT2D eigenvalue weighted by molar-refractivity contribution is 7.98. The molecule has 0 aromatic heterocycles. The molecule has 1 saturated heterocycles. The fraction of sp³-hybridized carbons (Fsp3) is 0.588. The van der Waals surface area contributed by atoms with Crippen LogP contribution in [0.3, 0.4) is 0 Å². The summed E-state index contributed by atoms with van der Waals surface area (Å²) in [5.74, 6) is 2.09. The van der Waals surface area contributed by atoms with Crippen LogP contribution in [0.5, 0.6) is 0 Å². The summed E-state index contributed by atoms with van der Waals surface area (Å²) in [5.41, 5.74) is 8.79. The summed E-state index contributed by atoms with van der Waals surface area (Å²) < 4.78 is 2.18. The maximum absolute atomic E-state index is 13.0. The topological polar surface area (TPSA) is 49.6 Å². The lowest BCUT2D eigenvalue weighted by atomic mass is 9.94. The number of hydrogen-bond donors (Lipinski definition) is 1. The predicted octanol–water partition coefficient (Wildman–Crippen LogP) is 1.98. The number of nitrogens with two attached hydrogens (primary N) is 1. The first-order chi connectivity index (χ1) is 11.1. The number of carbonyl (C=O) groups excluding carboxylic acids is 1. The molecule has 2 heterocycles. The van der Waals surface area contributed by atoms with E-state index < -0.39 is 0 Å².